The maximum absolute atomic E-state index is 5.65. The third-order valence-electron chi connectivity index (χ3n) is 2.57. The molecule has 4 heteroatoms. The molecule has 1 atom stereocenters. The van der Waals surface area contributed by atoms with Gasteiger partial charge in [0.1, 0.15) is 11.6 Å². The van der Waals surface area contributed by atoms with Crippen LogP contribution < -0.4 is 0 Å². The van der Waals surface area contributed by atoms with Crippen LogP contribution in [0.1, 0.15) is 24.8 Å². The summed E-state index contributed by atoms with van der Waals surface area (Å²) in [5.74, 6) is 0.709. The van der Waals surface area contributed by atoms with E-state index in [0.717, 1.165) is 35.0 Å². The lowest BCUT2D eigenvalue weighted by atomic mass is 10.2. The summed E-state index contributed by atoms with van der Waals surface area (Å²) in [5, 5.41) is 0. The van der Waals surface area contributed by atoms with Gasteiger partial charge in [-0.2, -0.15) is 0 Å². The van der Waals surface area contributed by atoms with Gasteiger partial charge in [-0.25, -0.2) is 4.98 Å². The van der Waals surface area contributed by atoms with E-state index in [1.165, 1.54) is 0 Å². The minimum Gasteiger partial charge on any atom is -0.438 e. The Bertz CT molecular complexity index is 488. The number of fused-ring (bicyclic) bond motifs is 1. The van der Waals surface area contributed by atoms with Gasteiger partial charge >= 0.3 is 0 Å². The molecule has 0 bridgehead atoms. The van der Waals surface area contributed by atoms with Gasteiger partial charge in [-0.1, -0.05) is 15.9 Å². The Morgan fingerprint density at radius 2 is 2.33 bits per heavy atom. The fraction of sp³-hybridized carbons (Fsp3) is 0.364. The fourth-order valence-electron chi connectivity index (χ4n) is 1.83. The molecular weight excluding hydrogens is 258 g/mol. The van der Waals surface area contributed by atoms with Gasteiger partial charge in [-0.05, 0) is 31.0 Å². The van der Waals surface area contributed by atoms with E-state index in [4.69, 9.17) is 9.15 Å². The average molecular weight is 268 g/mol. The fourth-order valence-corrected chi connectivity index (χ4v) is 2.18. The summed E-state index contributed by atoms with van der Waals surface area (Å²) in [6, 6.07) is 5.83. The summed E-state index contributed by atoms with van der Waals surface area (Å²) in [5.41, 5.74) is 1.71. The van der Waals surface area contributed by atoms with E-state index in [2.05, 4.69) is 20.9 Å². The standard InChI is InChI=1S/C11H10BrNO2/c12-7-3-4-9-8(6-7)13-11(15-9)10-2-1-5-14-10/h3-4,6,10H,1-2,5H2. The Kier molecular flexibility index (Phi) is 2.25. The molecular formula is C11H10BrNO2. The lowest BCUT2D eigenvalue weighted by Gasteiger charge is -2.01. The molecule has 15 heavy (non-hydrogen) atoms. The first-order valence-electron chi connectivity index (χ1n) is 5.00. The van der Waals surface area contributed by atoms with Crippen molar-refractivity contribution in [2.75, 3.05) is 6.61 Å². The zero-order chi connectivity index (χ0) is 10.3. The predicted octanol–water partition coefficient (Wildman–Crippen LogP) is 3.44. The van der Waals surface area contributed by atoms with E-state index < -0.39 is 0 Å². The van der Waals surface area contributed by atoms with Crippen LogP contribution in [0.5, 0.6) is 0 Å². The normalized spacial score (nSPS) is 21.3. The van der Waals surface area contributed by atoms with Crippen molar-refractivity contribution in [2.24, 2.45) is 0 Å². The second-order valence-corrected chi connectivity index (χ2v) is 4.58. The minimum absolute atomic E-state index is 0.0520. The summed E-state index contributed by atoms with van der Waals surface area (Å²) in [7, 11) is 0. The number of aromatic nitrogens is 1. The SMILES string of the molecule is Brc1ccc2oc(C3CCCO3)nc2c1. The van der Waals surface area contributed by atoms with Crippen molar-refractivity contribution in [1.82, 2.24) is 4.98 Å². The van der Waals surface area contributed by atoms with Crippen molar-refractivity contribution < 1.29 is 9.15 Å². The average Bonchev–Trinajstić information content (AvgIpc) is 2.84. The monoisotopic (exact) mass is 267 g/mol. The molecule has 1 unspecified atom stereocenters. The molecule has 0 spiro atoms. The van der Waals surface area contributed by atoms with Gasteiger partial charge in [0.05, 0.1) is 0 Å². The highest BCUT2D eigenvalue weighted by atomic mass is 79.9. The molecule has 2 heterocycles. The molecule has 1 aromatic carbocycles. The third-order valence-corrected chi connectivity index (χ3v) is 3.06. The molecule has 1 aliphatic rings. The lowest BCUT2D eigenvalue weighted by Crippen LogP contribution is -1.94. The third kappa shape index (κ3) is 1.68. The number of ether oxygens (including phenoxy) is 1. The first-order valence-corrected chi connectivity index (χ1v) is 5.80. The summed E-state index contributed by atoms with van der Waals surface area (Å²) in [6.07, 6.45) is 2.15. The molecule has 0 aliphatic carbocycles. The van der Waals surface area contributed by atoms with Crippen LogP contribution in [0.2, 0.25) is 0 Å². The van der Waals surface area contributed by atoms with Crippen molar-refractivity contribution in [1.29, 1.82) is 0 Å². The smallest absolute Gasteiger partial charge is 0.224 e. The Morgan fingerprint density at radius 3 is 3.13 bits per heavy atom. The van der Waals surface area contributed by atoms with Crippen molar-refractivity contribution >= 4 is 27.0 Å². The molecule has 0 radical (unpaired) electrons. The number of halogens is 1. The topological polar surface area (TPSA) is 35.3 Å². The lowest BCUT2D eigenvalue weighted by molar-refractivity contribution is 0.0907. The number of nitrogens with zero attached hydrogens (tertiary/aromatic N) is 1. The largest absolute Gasteiger partial charge is 0.438 e. The number of oxazole rings is 1. The van der Waals surface area contributed by atoms with E-state index in [-0.39, 0.29) is 6.10 Å². The highest BCUT2D eigenvalue weighted by Gasteiger charge is 2.22. The second-order valence-electron chi connectivity index (χ2n) is 3.67. The molecule has 0 saturated carbocycles. The first kappa shape index (κ1) is 9.36. The molecule has 1 fully saturated rings. The molecule has 0 amide bonds. The Hall–Kier alpha value is -0.870. The summed E-state index contributed by atoms with van der Waals surface area (Å²) >= 11 is 3.41. The first-order chi connectivity index (χ1) is 7.33. The van der Waals surface area contributed by atoms with E-state index in [0.29, 0.717) is 5.89 Å². The van der Waals surface area contributed by atoms with Crippen LogP contribution in [0.25, 0.3) is 11.1 Å². The second kappa shape index (κ2) is 3.61. The maximum atomic E-state index is 5.65. The van der Waals surface area contributed by atoms with Gasteiger partial charge in [0.25, 0.3) is 0 Å². The Morgan fingerprint density at radius 1 is 1.40 bits per heavy atom. The number of hydrogen-bond acceptors (Lipinski definition) is 3. The van der Waals surface area contributed by atoms with Crippen LogP contribution in [0.3, 0.4) is 0 Å². The van der Waals surface area contributed by atoms with Gasteiger partial charge in [-0.15, -0.1) is 0 Å². The quantitative estimate of drug-likeness (QED) is 0.794. The highest BCUT2D eigenvalue weighted by Crippen LogP contribution is 2.30. The van der Waals surface area contributed by atoms with E-state index in [1.54, 1.807) is 0 Å². The van der Waals surface area contributed by atoms with Crippen molar-refractivity contribution in [3.05, 3.63) is 28.6 Å². The highest BCUT2D eigenvalue weighted by molar-refractivity contribution is 9.10. The molecule has 3 nitrogen and oxygen atoms in total. The summed E-state index contributed by atoms with van der Waals surface area (Å²) in [4.78, 5) is 4.43. The zero-order valence-electron chi connectivity index (χ0n) is 8.07. The van der Waals surface area contributed by atoms with E-state index in [1.807, 2.05) is 18.2 Å². The van der Waals surface area contributed by atoms with Crippen molar-refractivity contribution in [3.8, 4) is 0 Å². The van der Waals surface area contributed by atoms with E-state index in [9.17, 15) is 0 Å². The van der Waals surface area contributed by atoms with Gasteiger partial charge < -0.3 is 9.15 Å². The molecule has 3 rings (SSSR count). The van der Waals surface area contributed by atoms with Crippen LogP contribution in [-0.2, 0) is 4.74 Å². The van der Waals surface area contributed by atoms with Crippen LogP contribution >= 0.6 is 15.9 Å². The van der Waals surface area contributed by atoms with Gasteiger partial charge in [0.2, 0.25) is 5.89 Å². The summed E-state index contributed by atoms with van der Waals surface area (Å²) in [6.45, 7) is 0.813. The molecule has 0 N–H and O–H groups in total. The van der Waals surface area contributed by atoms with Crippen LogP contribution in [-0.4, -0.2) is 11.6 Å². The molecule has 78 valence electrons. The Balaban J connectivity index is 2.05. The number of hydrogen-bond donors (Lipinski definition) is 0. The van der Waals surface area contributed by atoms with Crippen LogP contribution in [0.15, 0.2) is 27.1 Å². The van der Waals surface area contributed by atoms with Gasteiger partial charge in [0.15, 0.2) is 5.58 Å². The summed E-state index contributed by atoms with van der Waals surface area (Å²) < 4.78 is 12.2. The Labute approximate surface area is 95.6 Å². The van der Waals surface area contributed by atoms with Crippen LogP contribution in [0.4, 0.5) is 0 Å². The number of benzene rings is 1. The van der Waals surface area contributed by atoms with Crippen LogP contribution in [0, 0.1) is 0 Å². The zero-order valence-corrected chi connectivity index (χ0v) is 9.66. The maximum Gasteiger partial charge on any atom is 0.224 e. The molecule has 1 saturated heterocycles. The molecule has 1 aliphatic heterocycles. The molecule has 2 aromatic rings. The molecule has 1 aromatic heterocycles. The predicted molar refractivity (Wildman–Crippen MR) is 59.6 cm³/mol. The van der Waals surface area contributed by atoms with Crippen molar-refractivity contribution in [3.63, 3.8) is 0 Å². The number of rotatable bonds is 1. The van der Waals surface area contributed by atoms with Gasteiger partial charge in [0, 0.05) is 11.1 Å². The van der Waals surface area contributed by atoms with Crippen molar-refractivity contribution in [2.45, 2.75) is 18.9 Å². The van der Waals surface area contributed by atoms with E-state index >= 15 is 0 Å². The van der Waals surface area contributed by atoms with Gasteiger partial charge in [-0.3, -0.25) is 0 Å². The minimum atomic E-state index is 0.0520.